The molecule has 1 aromatic heterocycles. The van der Waals surface area contributed by atoms with E-state index in [0.29, 0.717) is 11.8 Å². The standard InChI is InChI=1S/C14H20Cl2S/c15-10-14(11-16,12-4-1-2-5-12)8-7-13-6-3-9-17-13/h3,6,9,12H,1-2,4-5,7-8,10-11H2. The third-order valence-corrected chi connectivity index (χ3v) is 6.20. The minimum Gasteiger partial charge on any atom is -0.149 e. The molecule has 1 aromatic rings. The molecular formula is C14H20Cl2S. The lowest BCUT2D eigenvalue weighted by atomic mass is 9.74. The first-order valence-corrected chi connectivity index (χ1v) is 8.40. The minimum absolute atomic E-state index is 0.170. The molecule has 0 unspecified atom stereocenters. The maximum absolute atomic E-state index is 6.26. The summed E-state index contributed by atoms with van der Waals surface area (Å²) in [6.07, 6.45) is 7.64. The lowest BCUT2D eigenvalue weighted by Gasteiger charge is -2.36. The van der Waals surface area contributed by atoms with Gasteiger partial charge in [-0.2, -0.15) is 0 Å². The summed E-state index contributed by atoms with van der Waals surface area (Å²) in [6.45, 7) is 0. The van der Waals surface area contributed by atoms with Crippen LogP contribution in [0.2, 0.25) is 0 Å². The average Bonchev–Trinajstić information content (AvgIpc) is 3.04. The second kappa shape index (κ2) is 6.45. The molecule has 0 spiro atoms. The van der Waals surface area contributed by atoms with Crippen LogP contribution in [0.5, 0.6) is 0 Å². The highest BCUT2D eigenvalue weighted by Crippen LogP contribution is 2.45. The minimum atomic E-state index is 0.170. The number of thiophene rings is 1. The molecular weight excluding hydrogens is 271 g/mol. The maximum Gasteiger partial charge on any atom is 0.0294 e. The molecule has 1 aliphatic carbocycles. The van der Waals surface area contributed by atoms with Crippen LogP contribution in [0.25, 0.3) is 0 Å². The van der Waals surface area contributed by atoms with E-state index in [9.17, 15) is 0 Å². The van der Waals surface area contributed by atoms with E-state index in [-0.39, 0.29) is 5.41 Å². The Morgan fingerprint density at radius 3 is 2.47 bits per heavy atom. The Labute approximate surface area is 118 Å². The first-order valence-electron chi connectivity index (χ1n) is 6.45. The Morgan fingerprint density at radius 1 is 1.24 bits per heavy atom. The van der Waals surface area contributed by atoms with E-state index < -0.39 is 0 Å². The van der Waals surface area contributed by atoms with E-state index in [1.807, 2.05) is 11.3 Å². The predicted molar refractivity (Wildman–Crippen MR) is 78.5 cm³/mol. The molecule has 1 saturated carbocycles. The summed E-state index contributed by atoms with van der Waals surface area (Å²) in [6, 6.07) is 4.34. The van der Waals surface area contributed by atoms with Crippen molar-refractivity contribution in [2.45, 2.75) is 38.5 Å². The van der Waals surface area contributed by atoms with Crippen LogP contribution in [0.15, 0.2) is 17.5 Å². The molecule has 0 nitrogen and oxygen atoms in total. The Morgan fingerprint density at radius 2 is 1.94 bits per heavy atom. The summed E-state index contributed by atoms with van der Waals surface area (Å²) in [5, 5.41) is 2.15. The highest BCUT2D eigenvalue weighted by atomic mass is 35.5. The highest BCUT2D eigenvalue weighted by molar-refractivity contribution is 7.09. The fourth-order valence-corrected chi connectivity index (χ4v) is 4.66. The molecule has 1 heterocycles. The highest BCUT2D eigenvalue weighted by Gasteiger charge is 2.38. The third-order valence-electron chi connectivity index (χ3n) is 4.20. The van der Waals surface area contributed by atoms with Crippen LogP contribution in [-0.4, -0.2) is 11.8 Å². The molecule has 3 heteroatoms. The number of rotatable bonds is 6. The van der Waals surface area contributed by atoms with Crippen LogP contribution < -0.4 is 0 Å². The molecule has 0 aromatic carbocycles. The first kappa shape index (κ1) is 13.7. The van der Waals surface area contributed by atoms with Crippen molar-refractivity contribution >= 4 is 34.5 Å². The van der Waals surface area contributed by atoms with Gasteiger partial charge in [-0.3, -0.25) is 0 Å². The van der Waals surface area contributed by atoms with Gasteiger partial charge in [0.05, 0.1) is 0 Å². The van der Waals surface area contributed by atoms with Crippen LogP contribution in [0.4, 0.5) is 0 Å². The number of hydrogen-bond donors (Lipinski definition) is 0. The summed E-state index contributed by atoms with van der Waals surface area (Å²) >= 11 is 14.4. The van der Waals surface area contributed by atoms with Gasteiger partial charge in [-0.05, 0) is 43.0 Å². The fourth-order valence-electron chi connectivity index (χ4n) is 2.96. The maximum atomic E-state index is 6.26. The lowest BCUT2D eigenvalue weighted by molar-refractivity contribution is 0.209. The molecule has 0 aliphatic heterocycles. The summed E-state index contributed by atoms with van der Waals surface area (Å²) < 4.78 is 0. The van der Waals surface area contributed by atoms with E-state index >= 15 is 0 Å². The first-order chi connectivity index (χ1) is 8.30. The van der Waals surface area contributed by atoms with Gasteiger partial charge in [0, 0.05) is 22.1 Å². The number of hydrogen-bond acceptors (Lipinski definition) is 1. The van der Waals surface area contributed by atoms with E-state index in [0.717, 1.165) is 18.8 Å². The van der Waals surface area contributed by atoms with Gasteiger partial charge in [-0.15, -0.1) is 34.5 Å². The van der Waals surface area contributed by atoms with Crippen molar-refractivity contribution in [1.82, 2.24) is 0 Å². The van der Waals surface area contributed by atoms with Crippen molar-refractivity contribution in [2.24, 2.45) is 11.3 Å². The Bertz CT molecular complexity index is 311. The zero-order chi connectivity index (χ0) is 12.1. The van der Waals surface area contributed by atoms with Gasteiger partial charge < -0.3 is 0 Å². The quantitative estimate of drug-likeness (QED) is 0.621. The van der Waals surface area contributed by atoms with Crippen LogP contribution in [0, 0.1) is 11.3 Å². The van der Waals surface area contributed by atoms with E-state index in [1.54, 1.807) is 0 Å². The van der Waals surface area contributed by atoms with Gasteiger partial charge in [0.2, 0.25) is 0 Å². The van der Waals surface area contributed by atoms with Gasteiger partial charge in [0.25, 0.3) is 0 Å². The topological polar surface area (TPSA) is 0 Å². The number of aryl methyl sites for hydroxylation is 1. The van der Waals surface area contributed by atoms with Crippen molar-refractivity contribution in [3.8, 4) is 0 Å². The zero-order valence-corrected chi connectivity index (χ0v) is 12.5. The van der Waals surface area contributed by atoms with Crippen molar-refractivity contribution in [2.75, 3.05) is 11.8 Å². The van der Waals surface area contributed by atoms with Crippen molar-refractivity contribution in [1.29, 1.82) is 0 Å². The van der Waals surface area contributed by atoms with Crippen LogP contribution >= 0.6 is 34.5 Å². The van der Waals surface area contributed by atoms with Crippen molar-refractivity contribution in [3.05, 3.63) is 22.4 Å². The number of alkyl halides is 2. The zero-order valence-electron chi connectivity index (χ0n) is 10.1. The van der Waals surface area contributed by atoms with E-state index in [2.05, 4.69) is 17.5 Å². The predicted octanol–water partition coefficient (Wildman–Crippen LogP) is 5.33. The summed E-state index contributed by atoms with van der Waals surface area (Å²) in [4.78, 5) is 1.46. The molecule has 0 radical (unpaired) electrons. The van der Waals surface area contributed by atoms with Gasteiger partial charge in [0.15, 0.2) is 0 Å². The van der Waals surface area contributed by atoms with E-state index in [1.165, 1.54) is 30.6 Å². The smallest absolute Gasteiger partial charge is 0.0294 e. The van der Waals surface area contributed by atoms with Gasteiger partial charge >= 0.3 is 0 Å². The molecule has 96 valence electrons. The van der Waals surface area contributed by atoms with Gasteiger partial charge in [0.1, 0.15) is 0 Å². The normalized spacial score (nSPS) is 17.8. The molecule has 2 rings (SSSR count). The van der Waals surface area contributed by atoms with Crippen LogP contribution in [-0.2, 0) is 6.42 Å². The molecule has 0 bridgehead atoms. The average molecular weight is 291 g/mol. The molecule has 0 saturated heterocycles. The van der Waals surface area contributed by atoms with Crippen LogP contribution in [0.3, 0.4) is 0 Å². The Hall–Kier alpha value is 0.280. The van der Waals surface area contributed by atoms with Gasteiger partial charge in [-0.1, -0.05) is 18.9 Å². The Kier molecular flexibility index (Phi) is 5.20. The molecule has 0 amide bonds. The fraction of sp³-hybridized carbons (Fsp3) is 0.714. The molecule has 0 atom stereocenters. The van der Waals surface area contributed by atoms with Crippen LogP contribution in [0.1, 0.15) is 37.0 Å². The number of halogens is 2. The Balaban J connectivity index is 2.00. The van der Waals surface area contributed by atoms with E-state index in [4.69, 9.17) is 23.2 Å². The summed E-state index contributed by atoms with van der Waals surface area (Å²) in [5.74, 6) is 2.18. The molecule has 0 N–H and O–H groups in total. The summed E-state index contributed by atoms with van der Waals surface area (Å²) in [7, 11) is 0. The third kappa shape index (κ3) is 3.19. The second-order valence-corrected chi connectivity index (χ2v) is 6.76. The summed E-state index contributed by atoms with van der Waals surface area (Å²) in [5.41, 5.74) is 0.170. The second-order valence-electron chi connectivity index (χ2n) is 5.19. The van der Waals surface area contributed by atoms with Crippen molar-refractivity contribution < 1.29 is 0 Å². The molecule has 1 fully saturated rings. The van der Waals surface area contributed by atoms with Crippen molar-refractivity contribution in [3.63, 3.8) is 0 Å². The molecule has 17 heavy (non-hydrogen) atoms. The largest absolute Gasteiger partial charge is 0.149 e. The molecule has 1 aliphatic rings. The SMILES string of the molecule is ClCC(CCl)(CCc1cccs1)C1CCCC1. The van der Waals surface area contributed by atoms with Gasteiger partial charge in [-0.25, -0.2) is 0 Å². The lowest BCUT2D eigenvalue weighted by Crippen LogP contribution is -2.33. The monoisotopic (exact) mass is 290 g/mol.